The normalized spacial score (nSPS) is 16.0. The number of hydrogen-bond donors (Lipinski definition) is 0. The Hall–Kier alpha value is -1.12. The van der Waals surface area contributed by atoms with Crippen LogP contribution in [0.25, 0.3) is 0 Å². The van der Waals surface area contributed by atoms with Gasteiger partial charge in [0, 0.05) is 6.92 Å². The van der Waals surface area contributed by atoms with Crippen LogP contribution in [0.2, 0.25) is 0 Å². The van der Waals surface area contributed by atoms with Crippen LogP contribution in [0.5, 0.6) is 5.75 Å². The number of ether oxygens (including phenoxy) is 1. The topological polar surface area (TPSA) is 9.23 Å². The molecule has 1 nitrogen and oxygen atoms in total. The fourth-order valence-electron chi connectivity index (χ4n) is 1.76. The Morgan fingerprint density at radius 3 is 2.59 bits per heavy atom. The van der Waals surface area contributed by atoms with Crippen molar-refractivity contribution in [2.75, 3.05) is 6.61 Å². The van der Waals surface area contributed by atoms with Gasteiger partial charge >= 0.3 is 0 Å². The Labute approximate surface area is 101 Å². The zero-order valence-corrected chi connectivity index (χ0v) is 10.3. The maximum atomic E-state index is 13.4. The van der Waals surface area contributed by atoms with Crippen molar-refractivity contribution < 1.29 is 13.5 Å². The minimum Gasteiger partial charge on any atom is -0.493 e. The van der Waals surface area contributed by atoms with Gasteiger partial charge in [0.2, 0.25) is 0 Å². The van der Waals surface area contributed by atoms with Crippen molar-refractivity contribution >= 4 is 0 Å². The molecule has 94 valence electrons. The molecule has 0 radical (unpaired) electrons. The van der Waals surface area contributed by atoms with Gasteiger partial charge in [0.05, 0.1) is 12.2 Å². The SMILES string of the molecule is CCc1ccc(C(C)(F)F)c(OCC2CC2)c1. The highest BCUT2D eigenvalue weighted by molar-refractivity contribution is 5.40. The van der Waals surface area contributed by atoms with Crippen LogP contribution in [0.4, 0.5) is 8.78 Å². The number of aryl methyl sites for hydroxylation is 1. The summed E-state index contributed by atoms with van der Waals surface area (Å²) in [6.07, 6.45) is 3.14. The number of benzene rings is 1. The van der Waals surface area contributed by atoms with Crippen molar-refractivity contribution in [2.24, 2.45) is 5.92 Å². The molecule has 1 fully saturated rings. The summed E-state index contributed by atoms with van der Waals surface area (Å²) in [5.41, 5.74) is 1.03. The molecule has 0 N–H and O–H groups in total. The van der Waals surface area contributed by atoms with Gasteiger partial charge in [-0.3, -0.25) is 0 Å². The number of halogens is 2. The minimum atomic E-state index is -2.84. The van der Waals surface area contributed by atoms with E-state index < -0.39 is 5.92 Å². The monoisotopic (exact) mass is 240 g/mol. The molecule has 1 aromatic carbocycles. The number of alkyl halides is 2. The molecule has 1 aromatic rings. The molecule has 3 heteroatoms. The van der Waals surface area contributed by atoms with Gasteiger partial charge in [-0.05, 0) is 42.9 Å². The lowest BCUT2D eigenvalue weighted by Gasteiger charge is -2.17. The fraction of sp³-hybridized carbons (Fsp3) is 0.571. The Kier molecular flexibility index (Phi) is 3.36. The molecule has 1 aliphatic carbocycles. The van der Waals surface area contributed by atoms with Gasteiger partial charge < -0.3 is 4.74 Å². The number of hydrogen-bond acceptors (Lipinski definition) is 1. The average Bonchev–Trinajstić information content (AvgIpc) is 3.08. The summed E-state index contributed by atoms with van der Waals surface area (Å²) < 4.78 is 32.4. The van der Waals surface area contributed by atoms with E-state index in [0.717, 1.165) is 31.7 Å². The molecule has 0 bridgehead atoms. The van der Waals surface area contributed by atoms with Crippen molar-refractivity contribution in [1.82, 2.24) is 0 Å². The van der Waals surface area contributed by atoms with E-state index >= 15 is 0 Å². The lowest BCUT2D eigenvalue weighted by molar-refractivity contribution is 0.0143. The first-order valence-corrected chi connectivity index (χ1v) is 6.14. The third-order valence-corrected chi connectivity index (χ3v) is 3.10. The molecular weight excluding hydrogens is 222 g/mol. The summed E-state index contributed by atoms with van der Waals surface area (Å²) in [4.78, 5) is 0. The van der Waals surface area contributed by atoms with E-state index in [4.69, 9.17) is 4.74 Å². The quantitative estimate of drug-likeness (QED) is 0.751. The Bertz CT molecular complexity index is 392. The fourth-order valence-corrected chi connectivity index (χ4v) is 1.76. The van der Waals surface area contributed by atoms with E-state index in [-0.39, 0.29) is 5.56 Å². The van der Waals surface area contributed by atoms with E-state index in [2.05, 4.69) is 0 Å². The van der Waals surface area contributed by atoms with Crippen molar-refractivity contribution in [3.8, 4) is 5.75 Å². The summed E-state index contributed by atoms with van der Waals surface area (Å²) in [6.45, 7) is 3.48. The van der Waals surface area contributed by atoms with Gasteiger partial charge in [-0.1, -0.05) is 13.0 Å². The first kappa shape index (κ1) is 12.3. The standard InChI is InChI=1S/C14H18F2O/c1-3-10-6-7-12(14(2,15)16)13(8-10)17-9-11-4-5-11/h6-8,11H,3-5,9H2,1-2H3. The lowest BCUT2D eigenvalue weighted by atomic mass is 10.0. The highest BCUT2D eigenvalue weighted by Gasteiger charge is 2.30. The largest absolute Gasteiger partial charge is 0.493 e. The van der Waals surface area contributed by atoms with Crippen LogP contribution in [-0.2, 0) is 12.3 Å². The maximum Gasteiger partial charge on any atom is 0.274 e. The van der Waals surface area contributed by atoms with Gasteiger partial charge in [0.15, 0.2) is 0 Å². The van der Waals surface area contributed by atoms with Gasteiger partial charge in [0.25, 0.3) is 5.92 Å². The molecule has 0 atom stereocenters. The molecule has 0 aromatic heterocycles. The van der Waals surface area contributed by atoms with Crippen LogP contribution < -0.4 is 4.74 Å². The summed E-state index contributed by atoms with van der Waals surface area (Å²) in [7, 11) is 0. The van der Waals surface area contributed by atoms with Crippen molar-refractivity contribution in [2.45, 2.75) is 39.0 Å². The van der Waals surface area contributed by atoms with Gasteiger partial charge in [-0.2, -0.15) is 0 Å². The van der Waals surface area contributed by atoms with E-state index in [1.807, 2.05) is 6.92 Å². The summed E-state index contributed by atoms with van der Waals surface area (Å²) in [6, 6.07) is 4.98. The molecular formula is C14H18F2O. The smallest absolute Gasteiger partial charge is 0.274 e. The highest BCUT2D eigenvalue weighted by atomic mass is 19.3. The molecule has 0 spiro atoms. The zero-order valence-electron chi connectivity index (χ0n) is 10.3. The molecule has 0 aliphatic heterocycles. The second-order valence-corrected chi connectivity index (χ2v) is 4.83. The molecule has 0 saturated heterocycles. The lowest BCUT2D eigenvalue weighted by Crippen LogP contribution is -2.11. The summed E-state index contributed by atoms with van der Waals surface area (Å²) in [5.74, 6) is -1.92. The Morgan fingerprint density at radius 1 is 1.35 bits per heavy atom. The van der Waals surface area contributed by atoms with E-state index in [1.54, 1.807) is 12.1 Å². The third kappa shape index (κ3) is 3.18. The van der Waals surface area contributed by atoms with Gasteiger partial charge in [-0.25, -0.2) is 8.78 Å². The minimum absolute atomic E-state index is 0.00431. The van der Waals surface area contributed by atoms with Crippen molar-refractivity contribution in [3.63, 3.8) is 0 Å². The van der Waals surface area contributed by atoms with Crippen LogP contribution in [0.1, 0.15) is 37.8 Å². The molecule has 1 saturated carbocycles. The predicted molar refractivity (Wildman–Crippen MR) is 63.6 cm³/mol. The Balaban J connectivity index is 2.22. The third-order valence-electron chi connectivity index (χ3n) is 3.10. The second-order valence-electron chi connectivity index (χ2n) is 4.83. The molecule has 0 unspecified atom stereocenters. The van der Waals surface area contributed by atoms with Crippen LogP contribution in [-0.4, -0.2) is 6.61 Å². The van der Waals surface area contributed by atoms with E-state index in [9.17, 15) is 8.78 Å². The van der Waals surface area contributed by atoms with Crippen molar-refractivity contribution in [3.05, 3.63) is 29.3 Å². The van der Waals surface area contributed by atoms with E-state index in [1.165, 1.54) is 6.07 Å². The van der Waals surface area contributed by atoms with Crippen LogP contribution in [0.3, 0.4) is 0 Å². The first-order valence-electron chi connectivity index (χ1n) is 6.14. The second kappa shape index (κ2) is 4.63. The predicted octanol–water partition coefficient (Wildman–Crippen LogP) is 4.15. The van der Waals surface area contributed by atoms with E-state index in [0.29, 0.717) is 18.3 Å². The highest BCUT2D eigenvalue weighted by Crippen LogP contribution is 2.37. The summed E-state index contributed by atoms with van der Waals surface area (Å²) >= 11 is 0. The molecule has 0 amide bonds. The molecule has 0 heterocycles. The Morgan fingerprint density at radius 2 is 2.06 bits per heavy atom. The number of rotatable bonds is 5. The van der Waals surface area contributed by atoms with Crippen LogP contribution in [0.15, 0.2) is 18.2 Å². The summed E-state index contributed by atoms with van der Waals surface area (Å²) in [5, 5.41) is 0. The zero-order chi connectivity index (χ0) is 12.5. The first-order chi connectivity index (χ1) is 8.00. The van der Waals surface area contributed by atoms with Gasteiger partial charge in [0.1, 0.15) is 5.75 Å². The maximum absolute atomic E-state index is 13.4. The molecule has 17 heavy (non-hydrogen) atoms. The molecule has 2 rings (SSSR count). The van der Waals surface area contributed by atoms with Crippen molar-refractivity contribution in [1.29, 1.82) is 0 Å². The van der Waals surface area contributed by atoms with Crippen LogP contribution >= 0.6 is 0 Å². The molecule has 1 aliphatic rings. The average molecular weight is 240 g/mol. The van der Waals surface area contributed by atoms with Crippen LogP contribution in [0, 0.1) is 5.92 Å². The van der Waals surface area contributed by atoms with Gasteiger partial charge in [-0.15, -0.1) is 0 Å².